The fourth-order valence-corrected chi connectivity index (χ4v) is 7.67. The maximum absolute atomic E-state index is 15.6. The van der Waals surface area contributed by atoms with E-state index in [9.17, 15) is 19.5 Å². The Bertz CT molecular complexity index is 1990. The van der Waals surface area contributed by atoms with Gasteiger partial charge in [-0.05, 0) is 36.3 Å². The highest BCUT2D eigenvalue weighted by molar-refractivity contribution is 6.34. The molecule has 0 aliphatic carbocycles. The van der Waals surface area contributed by atoms with Crippen molar-refractivity contribution in [3.05, 3.63) is 70.1 Å². The molecule has 2 saturated heterocycles. The molecule has 3 aliphatic heterocycles. The Morgan fingerprint density at radius 1 is 1.09 bits per heavy atom. The summed E-state index contributed by atoms with van der Waals surface area (Å²) in [6, 6.07) is 7.20. The SMILES string of the molecule is COCCC[N+]1=CC(c2ccc(-c3cnc(C(=O)Nc4ccc(C(=O)N5CCN(C(=O)[C@@H]6C[C@@H](O)C[N+]6(C)C)CC5)c(Cl)c4)n3C)c(F)c2F)C(C)=N1. The number of hydrogen-bond donors (Lipinski definition) is 2. The molecule has 0 saturated carbocycles. The van der Waals surface area contributed by atoms with Crippen molar-refractivity contribution in [2.75, 3.05) is 72.4 Å². The van der Waals surface area contributed by atoms with Crippen LogP contribution in [0.2, 0.25) is 5.02 Å². The quantitative estimate of drug-likeness (QED) is 0.186. The number of nitrogens with zero attached hydrogens (tertiary/aromatic N) is 7. The van der Waals surface area contributed by atoms with E-state index in [0.717, 1.165) is 6.42 Å². The molecule has 4 heterocycles. The van der Waals surface area contributed by atoms with Gasteiger partial charge in [0.1, 0.15) is 18.6 Å². The van der Waals surface area contributed by atoms with Gasteiger partial charge in [0.15, 0.2) is 36.3 Å². The van der Waals surface area contributed by atoms with Crippen molar-refractivity contribution < 1.29 is 42.2 Å². The van der Waals surface area contributed by atoms with E-state index in [4.69, 9.17) is 16.3 Å². The molecule has 2 N–H and O–H groups in total. The zero-order valence-electron chi connectivity index (χ0n) is 30.5. The number of aromatic nitrogens is 2. The molecule has 6 rings (SSSR count). The predicted octanol–water partition coefficient (Wildman–Crippen LogP) is 3.36. The lowest BCUT2D eigenvalue weighted by Gasteiger charge is -2.38. The van der Waals surface area contributed by atoms with Crippen LogP contribution in [0.3, 0.4) is 0 Å². The molecule has 0 radical (unpaired) electrons. The summed E-state index contributed by atoms with van der Waals surface area (Å²) in [4.78, 5) is 47.5. The highest BCUT2D eigenvalue weighted by atomic mass is 35.5. The van der Waals surface area contributed by atoms with E-state index in [-0.39, 0.29) is 51.1 Å². The number of anilines is 1. The third kappa shape index (κ3) is 7.74. The summed E-state index contributed by atoms with van der Waals surface area (Å²) in [6.45, 7) is 4.85. The smallest absolute Gasteiger partial charge is 0.291 e. The second-order valence-electron chi connectivity index (χ2n) is 14.4. The van der Waals surface area contributed by atoms with Crippen molar-refractivity contribution >= 4 is 46.9 Å². The molecule has 0 spiro atoms. The van der Waals surface area contributed by atoms with Crippen LogP contribution < -0.4 is 5.32 Å². The number of halogens is 3. The first-order valence-electron chi connectivity index (χ1n) is 17.6. The lowest BCUT2D eigenvalue weighted by molar-refractivity contribution is -0.894. The van der Waals surface area contributed by atoms with Crippen LogP contribution in [-0.4, -0.2) is 142 Å². The minimum Gasteiger partial charge on any atom is -0.387 e. The van der Waals surface area contributed by atoms with Gasteiger partial charge in [-0.2, -0.15) is 0 Å². The van der Waals surface area contributed by atoms with Gasteiger partial charge in [0.2, 0.25) is 0 Å². The van der Waals surface area contributed by atoms with Crippen LogP contribution >= 0.6 is 11.6 Å². The molecule has 1 unspecified atom stereocenters. The number of likely N-dealkylation sites (N-methyl/N-ethyl adjacent to an activating group) is 1. The number of carbonyl (C=O) groups is 3. The van der Waals surface area contributed by atoms with Gasteiger partial charge in [-0.1, -0.05) is 22.4 Å². The molecule has 3 aromatic rings. The molecular weight excluding hydrogens is 710 g/mol. The second-order valence-corrected chi connectivity index (χ2v) is 14.8. The molecule has 3 atom stereocenters. The van der Waals surface area contributed by atoms with Crippen molar-refractivity contribution in [1.82, 2.24) is 19.4 Å². The normalized spacial score (nSPS) is 21.1. The highest BCUT2D eigenvalue weighted by Crippen LogP contribution is 2.32. The molecule has 282 valence electrons. The summed E-state index contributed by atoms with van der Waals surface area (Å²) in [5.74, 6) is -3.57. The molecule has 0 bridgehead atoms. The lowest BCUT2D eigenvalue weighted by atomic mass is 9.94. The van der Waals surface area contributed by atoms with Gasteiger partial charge in [-0.25, -0.2) is 13.8 Å². The lowest BCUT2D eigenvalue weighted by Crippen LogP contribution is -2.58. The fraction of sp³-hybridized carbons (Fsp3) is 0.459. The average Bonchev–Trinajstić information content (AvgIpc) is 3.77. The van der Waals surface area contributed by atoms with Crippen molar-refractivity contribution in [2.45, 2.75) is 37.8 Å². The third-order valence-electron chi connectivity index (χ3n) is 10.3. The summed E-state index contributed by atoms with van der Waals surface area (Å²) in [7, 11) is 7.02. The fourth-order valence-electron chi connectivity index (χ4n) is 7.40. The summed E-state index contributed by atoms with van der Waals surface area (Å²) in [5, 5.41) is 17.4. The monoisotopic (exact) mass is 754 g/mol. The standard InChI is InChI=1S/C37H44ClF2N8O5/c1-22-28(20-47(43-22)11-6-16-53-5)25-9-10-27(33(40)32(25)39)30-19-41-34(44(30)2)35(50)42-23-7-8-26(29(38)17-23)36(51)45-12-14-46(15-13-45)37(52)31-18-24(49)21-48(31,3)4/h7-10,17,19-20,24,28,31,49H,6,11-16,18,21H2,1-5H3/q+1/p+1/t24-,28?,31+/m1/s1. The topological polar surface area (TPSA) is 132 Å². The van der Waals surface area contributed by atoms with Gasteiger partial charge in [-0.3, -0.25) is 14.4 Å². The van der Waals surface area contributed by atoms with E-state index in [1.54, 1.807) is 40.8 Å². The van der Waals surface area contributed by atoms with E-state index in [1.165, 1.54) is 42.1 Å². The van der Waals surface area contributed by atoms with Crippen LogP contribution in [-0.2, 0) is 16.6 Å². The average molecular weight is 755 g/mol. The van der Waals surface area contributed by atoms with Crippen molar-refractivity contribution in [3.63, 3.8) is 0 Å². The predicted molar refractivity (Wildman–Crippen MR) is 195 cm³/mol. The number of imidazole rings is 1. The van der Waals surface area contributed by atoms with E-state index in [0.29, 0.717) is 68.2 Å². The third-order valence-corrected chi connectivity index (χ3v) is 10.7. The Labute approximate surface area is 311 Å². The van der Waals surface area contributed by atoms with Crippen LogP contribution in [0, 0.1) is 11.6 Å². The molecule has 13 nitrogen and oxygen atoms in total. The number of nitrogens with one attached hydrogen (secondary N) is 1. The summed E-state index contributed by atoms with van der Waals surface area (Å²) in [6.07, 6.45) is 3.71. The number of methoxy groups -OCH3 is 1. The van der Waals surface area contributed by atoms with Crippen LogP contribution in [0.4, 0.5) is 14.5 Å². The molecule has 16 heteroatoms. The number of ether oxygens (including phenoxy) is 1. The van der Waals surface area contributed by atoms with Gasteiger partial charge in [0, 0.05) is 70.0 Å². The number of hydrogen-bond acceptors (Lipinski definition) is 7. The number of likely N-dealkylation sites (tertiary alicyclic amines) is 1. The minimum absolute atomic E-state index is 0.0168. The van der Waals surface area contributed by atoms with E-state index in [2.05, 4.69) is 15.4 Å². The number of rotatable bonds is 10. The van der Waals surface area contributed by atoms with Gasteiger partial charge >= 0.3 is 0 Å². The van der Waals surface area contributed by atoms with E-state index in [1.807, 2.05) is 14.1 Å². The molecule has 2 fully saturated rings. The maximum Gasteiger partial charge on any atom is 0.291 e. The van der Waals surface area contributed by atoms with E-state index >= 15 is 8.78 Å². The van der Waals surface area contributed by atoms with Crippen LogP contribution in [0.1, 0.15) is 52.2 Å². The zero-order chi connectivity index (χ0) is 38.2. The number of amides is 3. The van der Waals surface area contributed by atoms with Crippen molar-refractivity contribution in [3.8, 4) is 11.3 Å². The zero-order valence-corrected chi connectivity index (χ0v) is 31.2. The van der Waals surface area contributed by atoms with Gasteiger partial charge < -0.3 is 34.0 Å². The first kappa shape index (κ1) is 38.2. The number of hydrazone groups is 1. The molecule has 1 aromatic heterocycles. The van der Waals surface area contributed by atoms with Gasteiger partial charge in [-0.15, -0.1) is 0 Å². The number of quaternary nitrogens is 1. The van der Waals surface area contributed by atoms with Gasteiger partial charge in [0.25, 0.3) is 17.7 Å². The Morgan fingerprint density at radius 3 is 2.47 bits per heavy atom. The van der Waals surface area contributed by atoms with Crippen LogP contribution in [0.5, 0.6) is 0 Å². The number of aliphatic hydroxyl groups excluding tert-OH is 1. The number of aliphatic hydroxyl groups is 1. The Balaban J connectivity index is 1.09. The summed E-state index contributed by atoms with van der Waals surface area (Å²) >= 11 is 6.53. The Kier molecular flexibility index (Phi) is 11.1. The van der Waals surface area contributed by atoms with Gasteiger partial charge in [0.05, 0.1) is 48.9 Å². The number of piperazine rings is 1. The Hall–Kier alpha value is -4.57. The largest absolute Gasteiger partial charge is 0.387 e. The maximum atomic E-state index is 15.6. The highest BCUT2D eigenvalue weighted by Gasteiger charge is 2.46. The van der Waals surface area contributed by atoms with Crippen LogP contribution in [0.25, 0.3) is 11.3 Å². The Morgan fingerprint density at radius 2 is 1.81 bits per heavy atom. The number of benzene rings is 2. The second kappa shape index (κ2) is 15.4. The first-order chi connectivity index (χ1) is 25.2. The molecule has 2 aromatic carbocycles. The summed E-state index contributed by atoms with van der Waals surface area (Å²) in [5.41, 5.74) is 1.49. The number of carbonyl (C=O) groups excluding carboxylic acids is 3. The minimum atomic E-state index is -1.06. The van der Waals surface area contributed by atoms with E-state index < -0.39 is 29.6 Å². The molecule has 53 heavy (non-hydrogen) atoms. The molecular formula is C37H45ClF2N8O5+2. The summed E-state index contributed by atoms with van der Waals surface area (Å²) < 4.78 is 39.7. The van der Waals surface area contributed by atoms with Crippen molar-refractivity contribution in [1.29, 1.82) is 0 Å². The first-order valence-corrected chi connectivity index (χ1v) is 17.9. The molecule has 3 aliphatic rings. The van der Waals surface area contributed by atoms with Crippen molar-refractivity contribution in [2.24, 2.45) is 12.1 Å². The van der Waals surface area contributed by atoms with Crippen LogP contribution in [0.15, 0.2) is 41.6 Å². The molecule has 3 amide bonds.